The summed E-state index contributed by atoms with van der Waals surface area (Å²) < 4.78 is 1.78. The lowest BCUT2D eigenvalue weighted by Gasteiger charge is -2.35. The molecule has 0 spiro atoms. The molecule has 0 saturated carbocycles. The first-order valence-corrected chi connectivity index (χ1v) is 9.32. The number of anilines is 1. The molecular weight excluding hydrogens is 330 g/mol. The minimum atomic E-state index is 0.125. The lowest BCUT2D eigenvalue weighted by molar-refractivity contribution is -0.132. The summed E-state index contributed by atoms with van der Waals surface area (Å²) in [6.07, 6.45) is 9.42. The molecule has 2 saturated heterocycles. The molecule has 1 N–H and O–H groups in total. The molecule has 0 aliphatic carbocycles. The molecule has 1 atom stereocenters. The minimum Gasteiger partial charge on any atom is -0.352 e. The quantitative estimate of drug-likeness (QED) is 0.860. The summed E-state index contributed by atoms with van der Waals surface area (Å²) in [5.41, 5.74) is 1.09. The van der Waals surface area contributed by atoms with Gasteiger partial charge in [0, 0.05) is 57.2 Å². The molecule has 138 valence electrons. The number of hydrogen-bond acceptors (Lipinski definition) is 6. The summed E-state index contributed by atoms with van der Waals surface area (Å²) in [6.45, 7) is 5.36. The number of nitrogens with zero attached hydrogens (tertiary/aromatic N) is 6. The van der Waals surface area contributed by atoms with Crippen LogP contribution in [0, 0.1) is 0 Å². The fourth-order valence-corrected chi connectivity index (χ4v) is 3.67. The minimum absolute atomic E-state index is 0.125. The second kappa shape index (κ2) is 7.82. The van der Waals surface area contributed by atoms with Gasteiger partial charge in [-0.3, -0.25) is 14.5 Å². The number of aromatic nitrogens is 4. The van der Waals surface area contributed by atoms with Gasteiger partial charge in [-0.15, -0.1) is 0 Å². The zero-order valence-corrected chi connectivity index (χ0v) is 14.9. The molecule has 2 fully saturated rings. The fraction of sp³-hybridized carbons (Fsp3) is 0.556. The van der Waals surface area contributed by atoms with Crippen LogP contribution < -0.4 is 10.2 Å². The van der Waals surface area contributed by atoms with E-state index in [0.29, 0.717) is 25.6 Å². The van der Waals surface area contributed by atoms with Crippen molar-refractivity contribution < 1.29 is 4.79 Å². The fourth-order valence-electron chi connectivity index (χ4n) is 3.67. The third kappa shape index (κ3) is 3.85. The van der Waals surface area contributed by atoms with Crippen molar-refractivity contribution in [3.63, 3.8) is 0 Å². The first kappa shape index (κ1) is 17.0. The molecule has 2 aromatic heterocycles. The van der Waals surface area contributed by atoms with E-state index >= 15 is 0 Å². The summed E-state index contributed by atoms with van der Waals surface area (Å²) in [5, 5.41) is 8.05. The highest BCUT2D eigenvalue weighted by Crippen LogP contribution is 2.21. The van der Waals surface area contributed by atoms with Crippen LogP contribution >= 0.6 is 0 Å². The Morgan fingerprint density at radius 1 is 1.23 bits per heavy atom. The van der Waals surface area contributed by atoms with Crippen molar-refractivity contribution in [2.75, 3.05) is 44.2 Å². The molecule has 4 heterocycles. The van der Waals surface area contributed by atoms with Crippen molar-refractivity contribution in [1.29, 1.82) is 0 Å². The number of piperazine rings is 1. The van der Waals surface area contributed by atoms with Crippen LogP contribution in [0.5, 0.6) is 0 Å². The van der Waals surface area contributed by atoms with E-state index in [-0.39, 0.29) is 5.91 Å². The van der Waals surface area contributed by atoms with E-state index in [9.17, 15) is 4.79 Å². The molecule has 0 unspecified atom stereocenters. The Morgan fingerprint density at radius 2 is 2.12 bits per heavy atom. The lowest BCUT2D eigenvalue weighted by Crippen LogP contribution is -2.49. The van der Waals surface area contributed by atoms with Gasteiger partial charge in [-0.05, 0) is 25.5 Å². The summed E-state index contributed by atoms with van der Waals surface area (Å²) in [4.78, 5) is 25.1. The lowest BCUT2D eigenvalue weighted by atomic mass is 9.97. The number of nitrogens with one attached hydrogen (secondary N) is 1. The third-order valence-corrected chi connectivity index (χ3v) is 5.18. The Balaban J connectivity index is 1.30. The van der Waals surface area contributed by atoms with E-state index in [1.807, 2.05) is 11.1 Å². The van der Waals surface area contributed by atoms with Crippen LogP contribution in [0.15, 0.2) is 30.9 Å². The number of rotatable bonds is 4. The van der Waals surface area contributed by atoms with Crippen molar-refractivity contribution in [3.05, 3.63) is 36.5 Å². The normalized spacial score (nSPS) is 21.0. The number of carbonyl (C=O) groups excluding carboxylic acids is 1. The zero-order valence-electron chi connectivity index (χ0n) is 14.9. The topological polar surface area (TPSA) is 79.2 Å². The van der Waals surface area contributed by atoms with E-state index < -0.39 is 0 Å². The van der Waals surface area contributed by atoms with Crippen LogP contribution in [0.2, 0.25) is 0 Å². The van der Waals surface area contributed by atoms with Gasteiger partial charge in [-0.2, -0.15) is 5.10 Å². The summed E-state index contributed by atoms with van der Waals surface area (Å²) in [5.74, 6) is 1.47. The maximum atomic E-state index is 12.6. The Bertz CT molecular complexity index is 718. The predicted octanol–water partition coefficient (Wildman–Crippen LogP) is 0.489. The van der Waals surface area contributed by atoms with Crippen molar-refractivity contribution in [2.24, 2.45) is 0 Å². The van der Waals surface area contributed by atoms with Crippen molar-refractivity contribution in [2.45, 2.75) is 25.3 Å². The van der Waals surface area contributed by atoms with Crippen LogP contribution in [-0.4, -0.2) is 69.8 Å². The highest BCUT2D eigenvalue weighted by Gasteiger charge is 2.23. The molecule has 26 heavy (non-hydrogen) atoms. The standard InChI is InChI=1S/C18H25N7O/c26-18(14-25-7-3-16(22-25)15-2-1-4-19-12-15)24-10-8-23(9-11-24)17-13-20-5-6-21-17/h3,5-7,13,15,19H,1-2,4,8-12,14H2/t15-/m1/s1. The Labute approximate surface area is 153 Å². The van der Waals surface area contributed by atoms with E-state index in [2.05, 4.69) is 31.3 Å². The average Bonchev–Trinajstić information content (AvgIpc) is 3.18. The van der Waals surface area contributed by atoms with Gasteiger partial charge < -0.3 is 15.1 Å². The molecule has 0 bridgehead atoms. The van der Waals surface area contributed by atoms with Gasteiger partial charge in [-0.25, -0.2) is 4.98 Å². The molecule has 2 aliphatic heterocycles. The summed E-state index contributed by atoms with van der Waals surface area (Å²) in [7, 11) is 0. The first-order valence-electron chi connectivity index (χ1n) is 9.32. The maximum absolute atomic E-state index is 12.6. The Hall–Kier alpha value is -2.48. The smallest absolute Gasteiger partial charge is 0.244 e. The van der Waals surface area contributed by atoms with E-state index in [4.69, 9.17) is 0 Å². The maximum Gasteiger partial charge on any atom is 0.244 e. The summed E-state index contributed by atoms with van der Waals surface area (Å²) >= 11 is 0. The van der Waals surface area contributed by atoms with Gasteiger partial charge in [0.2, 0.25) is 5.91 Å². The summed E-state index contributed by atoms with van der Waals surface area (Å²) in [6, 6.07) is 2.05. The van der Waals surface area contributed by atoms with Gasteiger partial charge in [-0.1, -0.05) is 0 Å². The van der Waals surface area contributed by atoms with Gasteiger partial charge in [0.05, 0.1) is 11.9 Å². The van der Waals surface area contributed by atoms with Crippen LogP contribution in [0.3, 0.4) is 0 Å². The predicted molar refractivity (Wildman–Crippen MR) is 97.9 cm³/mol. The van der Waals surface area contributed by atoms with E-state index in [0.717, 1.165) is 37.7 Å². The first-order chi connectivity index (χ1) is 12.8. The molecule has 2 aliphatic rings. The van der Waals surface area contributed by atoms with Crippen molar-refractivity contribution >= 4 is 11.7 Å². The molecule has 8 nitrogen and oxygen atoms in total. The van der Waals surface area contributed by atoms with E-state index in [1.54, 1.807) is 23.3 Å². The van der Waals surface area contributed by atoms with Crippen LogP contribution in [0.25, 0.3) is 0 Å². The monoisotopic (exact) mass is 355 g/mol. The van der Waals surface area contributed by atoms with Crippen molar-refractivity contribution in [1.82, 2.24) is 30.0 Å². The number of piperidine rings is 1. The largest absolute Gasteiger partial charge is 0.352 e. The molecule has 4 rings (SSSR count). The van der Waals surface area contributed by atoms with Gasteiger partial charge >= 0.3 is 0 Å². The molecule has 2 aromatic rings. The second-order valence-corrected chi connectivity index (χ2v) is 6.91. The molecule has 1 amide bonds. The van der Waals surface area contributed by atoms with Crippen LogP contribution in [0.1, 0.15) is 24.5 Å². The zero-order chi connectivity index (χ0) is 17.8. The number of amides is 1. The van der Waals surface area contributed by atoms with Crippen LogP contribution in [0.4, 0.5) is 5.82 Å². The van der Waals surface area contributed by atoms with Gasteiger partial charge in [0.25, 0.3) is 0 Å². The number of carbonyl (C=O) groups is 1. The highest BCUT2D eigenvalue weighted by molar-refractivity contribution is 5.76. The van der Waals surface area contributed by atoms with Gasteiger partial charge in [0.15, 0.2) is 0 Å². The average molecular weight is 355 g/mol. The second-order valence-electron chi connectivity index (χ2n) is 6.91. The highest BCUT2D eigenvalue weighted by atomic mass is 16.2. The van der Waals surface area contributed by atoms with E-state index in [1.165, 1.54) is 12.8 Å². The Morgan fingerprint density at radius 3 is 2.85 bits per heavy atom. The van der Waals surface area contributed by atoms with Crippen LogP contribution in [-0.2, 0) is 11.3 Å². The molecule has 0 aromatic carbocycles. The molecular formula is C18H25N7O. The SMILES string of the molecule is O=C(Cn1ccc([C@@H]2CCCNC2)n1)N1CCN(c2cnccn2)CC1. The number of hydrogen-bond donors (Lipinski definition) is 1. The Kier molecular flexibility index (Phi) is 5.10. The van der Waals surface area contributed by atoms with Gasteiger partial charge in [0.1, 0.15) is 12.4 Å². The molecule has 0 radical (unpaired) electrons. The third-order valence-electron chi connectivity index (χ3n) is 5.18. The van der Waals surface area contributed by atoms with Crippen molar-refractivity contribution in [3.8, 4) is 0 Å². The molecule has 8 heteroatoms.